The van der Waals surface area contributed by atoms with Crippen molar-refractivity contribution < 1.29 is 13.2 Å². The van der Waals surface area contributed by atoms with E-state index in [2.05, 4.69) is 0 Å². The van der Waals surface area contributed by atoms with Crippen LogP contribution in [0.2, 0.25) is 5.02 Å². The third-order valence-corrected chi connectivity index (χ3v) is 2.86. The van der Waals surface area contributed by atoms with Gasteiger partial charge in [0.05, 0.1) is 5.56 Å². The number of alkyl halides is 3. The van der Waals surface area contributed by atoms with Gasteiger partial charge in [0.25, 0.3) is 0 Å². The van der Waals surface area contributed by atoms with Crippen LogP contribution < -0.4 is 11.5 Å². The normalized spacial score (nSPS) is 12.9. The molecule has 0 saturated carbocycles. The molecule has 19 heavy (non-hydrogen) atoms. The van der Waals surface area contributed by atoms with Gasteiger partial charge in [-0.25, -0.2) is 0 Å². The van der Waals surface area contributed by atoms with Crippen LogP contribution in [0.15, 0.2) is 18.2 Å². The fourth-order valence-electron chi connectivity index (χ4n) is 1.67. The summed E-state index contributed by atoms with van der Waals surface area (Å²) in [4.78, 5) is 0. The highest BCUT2D eigenvalue weighted by Crippen LogP contribution is 2.33. The van der Waals surface area contributed by atoms with Gasteiger partial charge in [0.2, 0.25) is 0 Å². The molecule has 0 aliphatic heterocycles. The summed E-state index contributed by atoms with van der Waals surface area (Å²) in [5.74, 6) is 0. The van der Waals surface area contributed by atoms with E-state index in [1.165, 1.54) is 6.07 Å². The van der Waals surface area contributed by atoms with Crippen molar-refractivity contribution in [2.24, 2.45) is 11.5 Å². The summed E-state index contributed by atoms with van der Waals surface area (Å²) >= 11 is 5.69. The molecule has 0 amide bonds. The van der Waals surface area contributed by atoms with Crippen molar-refractivity contribution in [3.8, 4) is 0 Å². The van der Waals surface area contributed by atoms with Gasteiger partial charge >= 0.3 is 6.18 Å². The molecular formula is C12H17Cl2F3N2. The lowest BCUT2D eigenvalue weighted by atomic mass is 9.99. The Morgan fingerprint density at radius 2 is 1.79 bits per heavy atom. The number of hydrogen-bond acceptors (Lipinski definition) is 2. The average Bonchev–Trinajstić information content (AvgIpc) is 2.27. The van der Waals surface area contributed by atoms with Gasteiger partial charge in [-0.2, -0.15) is 13.2 Å². The lowest BCUT2D eigenvalue weighted by Crippen LogP contribution is -2.13. The summed E-state index contributed by atoms with van der Waals surface area (Å²) in [6.07, 6.45) is -2.22. The molecule has 0 aliphatic rings. The van der Waals surface area contributed by atoms with Gasteiger partial charge in [0, 0.05) is 11.1 Å². The van der Waals surface area contributed by atoms with Crippen molar-refractivity contribution in [1.29, 1.82) is 0 Å². The molecule has 0 bridgehead atoms. The Balaban J connectivity index is 0.00000324. The Hall–Kier alpha value is -0.490. The Morgan fingerprint density at radius 3 is 2.32 bits per heavy atom. The van der Waals surface area contributed by atoms with Gasteiger partial charge in [0.15, 0.2) is 0 Å². The van der Waals surface area contributed by atoms with E-state index in [-0.39, 0.29) is 17.4 Å². The maximum absolute atomic E-state index is 12.6. The van der Waals surface area contributed by atoms with Crippen molar-refractivity contribution in [2.75, 3.05) is 6.54 Å². The Kier molecular flexibility index (Phi) is 7.74. The monoisotopic (exact) mass is 316 g/mol. The minimum atomic E-state index is -4.41. The molecule has 0 heterocycles. The van der Waals surface area contributed by atoms with Gasteiger partial charge in [-0.05, 0) is 43.1 Å². The van der Waals surface area contributed by atoms with Crippen LogP contribution in [0.4, 0.5) is 13.2 Å². The first kappa shape index (κ1) is 18.5. The van der Waals surface area contributed by atoms with Crippen LogP contribution in [0.25, 0.3) is 0 Å². The standard InChI is InChI=1S/C12H16ClF3N2.ClH/c13-10-6-8(11(18)3-1-2-4-17)5-9(7-10)12(14,15)16;/h5-7,11H,1-4,17-18H2;1H/t11-;/m1./s1. The van der Waals surface area contributed by atoms with Crippen LogP contribution in [0.1, 0.15) is 36.4 Å². The van der Waals surface area contributed by atoms with Gasteiger partial charge < -0.3 is 11.5 Å². The smallest absolute Gasteiger partial charge is 0.330 e. The first-order valence-corrected chi connectivity index (χ1v) is 6.05. The molecule has 0 fully saturated rings. The summed E-state index contributed by atoms with van der Waals surface area (Å²) in [5.41, 5.74) is 10.8. The minimum absolute atomic E-state index is 0. The van der Waals surface area contributed by atoms with Crippen molar-refractivity contribution >= 4 is 24.0 Å². The third kappa shape index (κ3) is 5.99. The molecule has 0 radical (unpaired) electrons. The molecule has 1 atom stereocenters. The van der Waals surface area contributed by atoms with Crippen molar-refractivity contribution in [2.45, 2.75) is 31.5 Å². The summed E-state index contributed by atoms with van der Waals surface area (Å²) < 4.78 is 37.8. The van der Waals surface area contributed by atoms with Crippen LogP contribution in [0.3, 0.4) is 0 Å². The third-order valence-electron chi connectivity index (χ3n) is 2.64. The molecule has 0 aliphatic carbocycles. The maximum atomic E-state index is 12.6. The molecule has 0 unspecified atom stereocenters. The predicted octanol–water partition coefficient (Wildman–Crippen LogP) is 3.91. The van der Waals surface area contributed by atoms with E-state index >= 15 is 0 Å². The van der Waals surface area contributed by atoms with E-state index in [0.717, 1.165) is 25.0 Å². The number of hydrogen-bond donors (Lipinski definition) is 2. The van der Waals surface area contributed by atoms with Crippen LogP contribution >= 0.6 is 24.0 Å². The van der Waals surface area contributed by atoms with Gasteiger partial charge in [-0.3, -0.25) is 0 Å². The number of nitrogens with two attached hydrogens (primary N) is 2. The summed E-state index contributed by atoms with van der Waals surface area (Å²) in [7, 11) is 0. The highest BCUT2D eigenvalue weighted by molar-refractivity contribution is 6.30. The first-order valence-electron chi connectivity index (χ1n) is 5.68. The highest BCUT2D eigenvalue weighted by Gasteiger charge is 2.31. The van der Waals surface area contributed by atoms with E-state index in [9.17, 15) is 13.2 Å². The van der Waals surface area contributed by atoms with E-state index in [0.29, 0.717) is 18.5 Å². The van der Waals surface area contributed by atoms with Crippen LogP contribution in [-0.2, 0) is 6.18 Å². The average molecular weight is 317 g/mol. The molecule has 1 aromatic carbocycles. The van der Waals surface area contributed by atoms with E-state index in [1.54, 1.807) is 0 Å². The van der Waals surface area contributed by atoms with Gasteiger partial charge in [-0.1, -0.05) is 18.0 Å². The number of halogens is 5. The largest absolute Gasteiger partial charge is 0.416 e. The molecule has 1 rings (SSSR count). The highest BCUT2D eigenvalue weighted by atomic mass is 35.5. The molecule has 1 aromatic rings. The molecule has 7 heteroatoms. The molecule has 4 N–H and O–H groups in total. The van der Waals surface area contributed by atoms with E-state index < -0.39 is 17.8 Å². The van der Waals surface area contributed by atoms with Crippen LogP contribution in [0.5, 0.6) is 0 Å². The Bertz CT molecular complexity index is 397. The molecule has 0 saturated heterocycles. The second-order valence-electron chi connectivity index (χ2n) is 4.16. The molecule has 110 valence electrons. The zero-order valence-corrected chi connectivity index (χ0v) is 11.8. The first-order chi connectivity index (χ1) is 8.34. The van der Waals surface area contributed by atoms with Gasteiger partial charge in [0.1, 0.15) is 0 Å². The van der Waals surface area contributed by atoms with E-state index in [4.69, 9.17) is 23.1 Å². The Labute approximate surface area is 121 Å². The quantitative estimate of drug-likeness (QED) is 0.809. The van der Waals surface area contributed by atoms with Gasteiger partial charge in [-0.15, -0.1) is 12.4 Å². The molecule has 0 spiro atoms. The zero-order chi connectivity index (χ0) is 13.8. The SMILES string of the molecule is Cl.NCCCC[C@@H](N)c1cc(Cl)cc(C(F)(F)F)c1. The fourth-order valence-corrected chi connectivity index (χ4v) is 1.91. The molecule has 0 aromatic heterocycles. The number of unbranched alkanes of at least 4 members (excludes halogenated alkanes) is 1. The van der Waals surface area contributed by atoms with Crippen molar-refractivity contribution in [3.05, 3.63) is 34.3 Å². The lowest BCUT2D eigenvalue weighted by molar-refractivity contribution is -0.137. The van der Waals surface area contributed by atoms with Crippen LogP contribution in [0, 0.1) is 0 Å². The number of rotatable bonds is 5. The van der Waals surface area contributed by atoms with Crippen molar-refractivity contribution in [1.82, 2.24) is 0 Å². The minimum Gasteiger partial charge on any atom is -0.330 e. The molecular weight excluding hydrogens is 300 g/mol. The van der Waals surface area contributed by atoms with Crippen LogP contribution in [-0.4, -0.2) is 6.54 Å². The second-order valence-corrected chi connectivity index (χ2v) is 4.60. The summed E-state index contributed by atoms with van der Waals surface area (Å²) in [6, 6.07) is 2.98. The topological polar surface area (TPSA) is 52.0 Å². The Morgan fingerprint density at radius 1 is 1.16 bits per heavy atom. The molecule has 2 nitrogen and oxygen atoms in total. The predicted molar refractivity (Wildman–Crippen MR) is 73.5 cm³/mol. The maximum Gasteiger partial charge on any atom is 0.416 e. The van der Waals surface area contributed by atoms with E-state index in [1.807, 2.05) is 0 Å². The zero-order valence-electron chi connectivity index (χ0n) is 10.2. The second kappa shape index (κ2) is 7.94. The lowest BCUT2D eigenvalue weighted by Gasteiger charge is -2.15. The summed E-state index contributed by atoms with van der Waals surface area (Å²) in [6.45, 7) is 0.552. The number of benzene rings is 1. The fraction of sp³-hybridized carbons (Fsp3) is 0.500. The summed E-state index contributed by atoms with van der Waals surface area (Å²) in [5, 5.41) is 0.0501. The van der Waals surface area contributed by atoms with Crippen molar-refractivity contribution in [3.63, 3.8) is 0 Å².